The number of rotatable bonds is 14. The van der Waals surface area contributed by atoms with Gasteiger partial charge in [-0.05, 0) is 78.6 Å². The van der Waals surface area contributed by atoms with Crippen molar-refractivity contribution in [3.05, 3.63) is 126 Å². The number of ketones is 1. The second-order valence-electron chi connectivity index (χ2n) is 12.9. The van der Waals surface area contributed by atoms with Gasteiger partial charge in [0.2, 0.25) is 0 Å². The molecule has 50 heavy (non-hydrogen) atoms. The lowest BCUT2D eigenvalue weighted by atomic mass is 9.84. The Bertz CT molecular complexity index is 2050. The molecule has 1 heterocycles. The number of fused-ring (bicyclic) bond motifs is 1. The van der Waals surface area contributed by atoms with Gasteiger partial charge in [-0.25, -0.2) is 13.1 Å². The number of benzene rings is 4. The topological polar surface area (TPSA) is 97.7 Å². The summed E-state index contributed by atoms with van der Waals surface area (Å²) < 4.78 is 36.3. The molecule has 260 valence electrons. The SMILES string of the molecule is COc1cccc(CN(CCSc2ccccc2)Cc2ccc(S(=O)(=O)NC(=O)c3ccc4c(c3)c(C(=O)C3CCCCC3)cn4C)cc2)c1. The van der Waals surface area contributed by atoms with Crippen molar-refractivity contribution in [1.82, 2.24) is 14.2 Å². The summed E-state index contributed by atoms with van der Waals surface area (Å²) in [5.41, 5.74) is 3.66. The molecule has 0 saturated heterocycles. The lowest BCUT2D eigenvalue weighted by Crippen LogP contribution is -2.30. The summed E-state index contributed by atoms with van der Waals surface area (Å²) in [6, 6.07) is 29.9. The number of carbonyl (C=O) groups excluding carboxylic acids is 2. The van der Waals surface area contributed by atoms with Gasteiger partial charge in [0.1, 0.15) is 5.75 Å². The van der Waals surface area contributed by atoms with Gasteiger partial charge in [0.15, 0.2) is 5.78 Å². The van der Waals surface area contributed by atoms with Crippen molar-refractivity contribution < 1.29 is 22.7 Å². The molecule has 1 aliphatic rings. The molecular weight excluding hydrogens is 667 g/mol. The van der Waals surface area contributed by atoms with E-state index in [0.29, 0.717) is 24.0 Å². The molecule has 1 saturated carbocycles. The van der Waals surface area contributed by atoms with Crippen LogP contribution in [-0.4, -0.2) is 49.0 Å². The molecule has 1 amide bonds. The summed E-state index contributed by atoms with van der Waals surface area (Å²) in [5, 5.41) is 0.665. The van der Waals surface area contributed by atoms with E-state index in [4.69, 9.17) is 4.74 Å². The predicted molar refractivity (Wildman–Crippen MR) is 199 cm³/mol. The Kier molecular flexibility index (Phi) is 11.4. The maximum absolute atomic E-state index is 13.4. The Balaban J connectivity index is 1.14. The summed E-state index contributed by atoms with van der Waals surface area (Å²) in [4.78, 5) is 30.3. The molecule has 4 aromatic carbocycles. The number of aromatic nitrogens is 1. The number of aryl methyl sites for hydroxylation is 1. The summed E-state index contributed by atoms with van der Waals surface area (Å²) in [6.07, 6.45) is 6.81. The zero-order valence-electron chi connectivity index (χ0n) is 28.5. The first-order valence-electron chi connectivity index (χ1n) is 17.0. The third-order valence-electron chi connectivity index (χ3n) is 9.32. The Morgan fingerprint density at radius 1 is 0.880 bits per heavy atom. The van der Waals surface area contributed by atoms with Crippen LogP contribution in [0.25, 0.3) is 10.9 Å². The van der Waals surface area contributed by atoms with Crippen LogP contribution in [0.4, 0.5) is 0 Å². The van der Waals surface area contributed by atoms with E-state index in [1.54, 1.807) is 49.2 Å². The normalized spacial score (nSPS) is 13.8. The van der Waals surface area contributed by atoms with Crippen LogP contribution in [0.15, 0.2) is 113 Å². The maximum Gasteiger partial charge on any atom is 0.265 e. The fraction of sp³-hybridized carbons (Fsp3) is 0.300. The van der Waals surface area contributed by atoms with E-state index in [9.17, 15) is 18.0 Å². The molecule has 1 aromatic heterocycles. The first-order valence-corrected chi connectivity index (χ1v) is 19.5. The van der Waals surface area contributed by atoms with Gasteiger partial charge in [-0.2, -0.15) is 0 Å². The highest BCUT2D eigenvalue weighted by molar-refractivity contribution is 7.99. The van der Waals surface area contributed by atoms with Gasteiger partial charge in [0, 0.05) is 71.5 Å². The van der Waals surface area contributed by atoms with E-state index in [1.807, 2.05) is 54.2 Å². The highest BCUT2D eigenvalue weighted by atomic mass is 32.2. The number of methoxy groups -OCH3 is 1. The van der Waals surface area contributed by atoms with Gasteiger partial charge >= 0.3 is 0 Å². The van der Waals surface area contributed by atoms with Gasteiger partial charge in [0.25, 0.3) is 15.9 Å². The number of nitrogens with one attached hydrogen (secondary N) is 1. The molecule has 0 spiro atoms. The fourth-order valence-corrected chi connectivity index (χ4v) is 8.55. The molecule has 10 heteroatoms. The number of amides is 1. The van der Waals surface area contributed by atoms with E-state index in [1.165, 1.54) is 17.0 Å². The van der Waals surface area contributed by atoms with Crippen molar-refractivity contribution in [2.75, 3.05) is 19.4 Å². The molecule has 0 radical (unpaired) electrons. The van der Waals surface area contributed by atoms with Gasteiger partial charge in [-0.1, -0.05) is 61.7 Å². The number of sulfonamides is 1. The predicted octanol–water partition coefficient (Wildman–Crippen LogP) is 7.86. The number of Topliss-reactive ketones (excluding diaryl/α,β-unsaturated/α-hetero) is 1. The number of hydrogen-bond donors (Lipinski definition) is 1. The Morgan fingerprint density at radius 2 is 1.62 bits per heavy atom. The van der Waals surface area contributed by atoms with Crippen LogP contribution in [-0.2, 0) is 30.2 Å². The largest absolute Gasteiger partial charge is 0.497 e. The summed E-state index contributed by atoms with van der Waals surface area (Å²) in [5.74, 6) is 1.03. The summed E-state index contributed by atoms with van der Waals surface area (Å²) in [7, 11) is -0.621. The fourth-order valence-electron chi connectivity index (χ4n) is 6.64. The highest BCUT2D eigenvalue weighted by Gasteiger charge is 2.26. The number of ether oxygens (including phenoxy) is 1. The summed E-state index contributed by atoms with van der Waals surface area (Å²) in [6.45, 7) is 2.12. The first-order chi connectivity index (χ1) is 24.2. The maximum atomic E-state index is 13.4. The third-order valence-corrected chi connectivity index (χ3v) is 11.7. The average molecular weight is 710 g/mol. The monoisotopic (exact) mass is 709 g/mol. The second-order valence-corrected chi connectivity index (χ2v) is 15.7. The first kappa shape index (κ1) is 35.4. The molecular formula is C40H43N3O5S2. The van der Waals surface area contributed by atoms with Crippen molar-refractivity contribution in [3.8, 4) is 5.75 Å². The van der Waals surface area contributed by atoms with Gasteiger partial charge < -0.3 is 9.30 Å². The molecule has 5 aromatic rings. The number of hydrogen-bond acceptors (Lipinski definition) is 7. The quantitative estimate of drug-likeness (QED) is 0.0926. The second kappa shape index (κ2) is 16.1. The lowest BCUT2D eigenvalue weighted by Gasteiger charge is -2.23. The van der Waals surface area contributed by atoms with Crippen molar-refractivity contribution in [1.29, 1.82) is 0 Å². The van der Waals surface area contributed by atoms with Crippen LogP contribution in [0.3, 0.4) is 0 Å². The molecule has 1 aliphatic carbocycles. The van der Waals surface area contributed by atoms with Gasteiger partial charge in [-0.15, -0.1) is 11.8 Å². The summed E-state index contributed by atoms with van der Waals surface area (Å²) >= 11 is 1.79. The molecule has 0 bridgehead atoms. The van der Waals surface area contributed by atoms with E-state index in [0.717, 1.165) is 66.8 Å². The highest BCUT2D eigenvalue weighted by Crippen LogP contribution is 2.31. The number of thioether (sulfide) groups is 1. The number of carbonyl (C=O) groups is 2. The molecule has 8 nitrogen and oxygen atoms in total. The van der Waals surface area contributed by atoms with Crippen LogP contribution in [0, 0.1) is 5.92 Å². The van der Waals surface area contributed by atoms with Crippen molar-refractivity contribution in [2.24, 2.45) is 13.0 Å². The average Bonchev–Trinajstić information content (AvgIpc) is 3.47. The zero-order valence-corrected chi connectivity index (χ0v) is 30.1. The van der Waals surface area contributed by atoms with Gasteiger partial charge in [-0.3, -0.25) is 14.5 Å². The Morgan fingerprint density at radius 3 is 2.36 bits per heavy atom. The van der Waals surface area contributed by atoms with Crippen LogP contribution in [0.1, 0.15) is 63.9 Å². The van der Waals surface area contributed by atoms with Crippen LogP contribution < -0.4 is 9.46 Å². The minimum atomic E-state index is -4.15. The Labute approximate surface area is 298 Å². The van der Waals surface area contributed by atoms with E-state index in [2.05, 4.69) is 27.8 Å². The van der Waals surface area contributed by atoms with Gasteiger partial charge in [0.05, 0.1) is 12.0 Å². The molecule has 1 fully saturated rings. The zero-order chi connectivity index (χ0) is 35.1. The molecule has 0 atom stereocenters. The van der Waals surface area contributed by atoms with Crippen LogP contribution in [0.2, 0.25) is 0 Å². The molecule has 0 aliphatic heterocycles. The lowest BCUT2D eigenvalue weighted by molar-refractivity contribution is 0.0890. The smallest absolute Gasteiger partial charge is 0.265 e. The number of nitrogens with zero attached hydrogens (tertiary/aromatic N) is 2. The van der Waals surface area contributed by atoms with E-state index in [-0.39, 0.29) is 22.2 Å². The van der Waals surface area contributed by atoms with E-state index < -0.39 is 15.9 Å². The minimum Gasteiger partial charge on any atom is -0.497 e. The van der Waals surface area contributed by atoms with Crippen molar-refractivity contribution >= 4 is 44.4 Å². The molecule has 0 unspecified atom stereocenters. The Hall–Kier alpha value is -4.38. The third kappa shape index (κ3) is 8.67. The van der Waals surface area contributed by atoms with Crippen molar-refractivity contribution in [2.45, 2.75) is 55.0 Å². The van der Waals surface area contributed by atoms with Crippen LogP contribution >= 0.6 is 11.8 Å². The van der Waals surface area contributed by atoms with Crippen molar-refractivity contribution in [3.63, 3.8) is 0 Å². The molecule has 6 rings (SSSR count). The van der Waals surface area contributed by atoms with E-state index >= 15 is 0 Å². The minimum absolute atomic E-state index is 0.00235. The van der Waals surface area contributed by atoms with Crippen LogP contribution in [0.5, 0.6) is 5.75 Å². The standard InChI is InChI=1S/C40H43N3O5S2/c1-42-28-37(39(44)31-11-5-3-6-12-31)36-25-32(18-21-38(36)42)40(45)41-50(46,47)35-19-16-29(17-20-35)26-43(22-23-49-34-14-7-4-8-15-34)27-30-10-9-13-33(24-30)48-2/h4,7-10,13-21,24-25,28,31H,3,5-6,11-12,22-23,26-27H2,1-2H3,(H,41,45). The molecule has 1 N–H and O–H groups in total.